The molecular weight excluding hydrogens is 226 g/mol. The Morgan fingerprint density at radius 3 is 1.22 bits per heavy atom. The van der Waals surface area contributed by atoms with Gasteiger partial charge < -0.3 is 0 Å². The summed E-state index contributed by atoms with van der Waals surface area (Å²) in [6.45, 7) is 15.2. The highest BCUT2D eigenvalue weighted by Crippen LogP contribution is 2.26. The molecule has 0 spiro atoms. The molecule has 0 amide bonds. The van der Waals surface area contributed by atoms with E-state index in [2.05, 4.69) is 13.8 Å². The minimum absolute atomic E-state index is 0.139. The third-order valence-electron chi connectivity index (χ3n) is 4.33. The van der Waals surface area contributed by atoms with E-state index in [9.17, 15) is 9.59 Å². The molecule has 0 unspecified atom stereocenters. The highest BCUT2D eigenvalue weighted by molar-refractivity contribution is 5.85. The van der Waals surface area contributed by atoms with Crippen LogP contribution >= 0.6 is 0 Å². The predicted octanol–water partition coefficient (Wildman–Crippen LogP) is 3.17. The van der Waals surface area contributed by atoms with Crippen molar-refractivity contribution in [3.05, 3.63) is 0 Å². The molecule has 0 bridgehead atoms. The van der Waals surface area contributed by atoms with Crippen LogP contribution in [-0.2, 0) is 9.59 Å². The molecule has 0 heterocycles. The summed E-state index contributed by atoms with van der Waals surface area (Å²) in [7, 11) is 3.81. The van der Waals surface area contributed by atoms with Crippen molar-refractivity contribution in [3.63, 3.8) is 0 Å². The zero-order valence-corrected chi connectivity index (χ0v) is 13.8. The molecule has 0 aromatic heterocycles. The van der Waals surface area contributed by atoms with E-state index in [-0.39, 0.29) is 22.5 Å². The number of ketones is 2. The number of hydrogen-bond acceptors (Lipinski definition) is 3. The van der Waals surface area contributed by atoms with E-state index in [1.54, 1.807) is 13.8 Å². The van der Waals surface area contributed by atoms with E-state index in [1.165, 1.54) is 0 Å². The number of Topliss-reactive ketones (excluding diaryl/α,β-unsaturated/α-hetero) is 2. The van der Waals surface area contributed by atoms with Crippen LogP contribution in [-0.4, -0.2) is 36.1 Å². The molecule has 0 aromatic rings. The lowest BCUT2D eigenvalue weighted by Gasteiger charge is -2.29. The number of hydrogen-bond donors (Lipinski definition) is 0. The van der Waals surface area contributed by atoms with E-state index >= 15 is 0 Å². The molecule has 0 N–H and O–H groups in total. The van der Waals surface area contributed by atoms with E-state index in [4.69, 9.17) is 0 Å². The Kier molecular flexibility index (Phi) is 7.67. The second-order valence-electron chi connectivity index (χ2n) is 6.44. The van der Waals surface area contributed by atoms with Crippen LogP contribution in [0.15, 0.2) is 0 Å². The van der Waals surface area contributed by atoms with Crippen molar-refractivity contribution in [1.82, 2.24) is 4.90 Å². The van der Waals surface area contributed by atoms with E-state index in [1.807, 2.05) is 46.7 Å². The molecule has 0 aliphatic carbocycles. The number of rotatable bonds is 4. The molecular formula is C15H31NO2. The molecule has 18 heavy (non-hydrogen) atoms. The molecule has 3 heteroatoms. The molecule has 0 saturated heterocycles. The lowest BCUT2D eigenvalue weighted by Crippen LogP contribution is -2.44. The monoisotopic (exact) mass is 257 g/mol. The molecule has 108 valence electrons. The van der Waals surface area contributed by atoms with Crippen molar-refractivity contribution in [2.45, 2.75) is 60.9 Å². The van der Waals surface area contributed by atoms with Gasteiger partial charge in [-0.1, -0.05) is 27.7 Å². The van der Waals surface area contributed by atoms with Gasteiger partial charge in [0.1, 0.15) is 11.6 Å². The van der Waals surface area contributed by atoms with Crippen LogP contribution in [0, 0.1) is 11.3 Å². The van der Waals surface area contributed by atoms with Crippen molar-refractivity contribution in [2.24, 2.45) is 11.3 Å². The van der Waals surface area contributed by atoms with Gasteiger partial charge in [-0.05, 0) is 47.7 Å². The van der Waals surface area contributed by atoms with Gasteiger partial charge in [-0.15, -0.1) is 0 Å². The van der Waals surface area contributed by atoms with Gasteiger partial charge in [-0.2, -0.15) is 0 Å². The normalized spacial score (nSPS) is 12.2. The van der Waals surface area contributed by atoms with Crippen LogP contribution in [0.5, 0.6) is 0 Å². The van der Waals surface area contributed by atoms with Crippen molar-refractivity contribution >= 4 is 11.6 Å². The van der Waals surface area contributed by atoms with Crippen molar-refractivity contribution in [3.8, 4) is 0 Å². The summed E-state index contributed by atoms with van der Waals surface area (Å²) in [5.74, 6) is 0.917. The van der Waals surface area contributed by atoms with Crippen LogP contribution < -0.4 is 0 Å². The minimum Gasteiger partial charge on any atom is -0.299 e. The van der Waals surface area contributed by atoms with Crippen molar-refractivity contribution in [2.75, 3.05) is 14.1 Å². The maximum Gasteiger partial charge on any atom is 0.149 e. The fraction of sp³-hybridized carbons (Fsp3) is 0.867. The average Bonchev–Trinajstić information content (AvgIpc) is 2.17. The van der Waals surface area contributed by atoms with Crippen LogP contribution in [0.25, 0.3) is 0 Å². The smallest absolute Gasteiger partial charge is 0.149 e. The summed E-state index contributed by atoms with van der Waals surface area (Å²) < 4.78 is 0. The summed E-state index contributed by atoms with van der Waals surface area (Å²) in [5.41, 5.74) is -0.444. The van der Waals surface area contributed by atoms with Gasteiger partial charge in [0.15, 0.2) is 0 Å². The molecule has 0 aromatic carbocycles. The Morgan fingerprint density at radius 1 is 0.889 bits per heavy atom. The topological polar surface area (TPSA) is 37.4 Å². The largest absolute Gasteiger partial charge is 0.299 e. The lowest BCUT2D eigenvalue weighted by molar-refractivity contribution is -0.127. The summed E-state index contributed by atoms with van der Waals surface area (Å²) in [4.78, 5) is 23.7. The van der Waals surface area contributed by atoms with E-state index < -0.39 is 0 Å². The average molecular weight is 257 g/mol. The molecule has 0 aliphatic rings. The zero-order chi connectivity index (χ0) is 15.3. The zero-order valence-electron chi connectivity index (χ0n) is 13.8. The molecule has 0 fully saturated rings. The van der Waals surface area contributed by atoms with Gasteiger partial charge in [-0.3, -0.25) is 14.5 Å². The number of likely N-dealkylation sites (N-methyl/N-ethyl adjacent to an activating group) is 1. The number of carbonyl (C=O) groups excluding carboxylic acids is 2. The van der Waals surface area contributed by atoms with Gasteiger partial charge >= 0.3 is 0 Å². The second-order valence-corrected chi connectivity index (χ2v) is 6.44. The Bertz CT molecular complexity index is 259. The quantitative estimate of drug-likeness (QED) is 0.776. The Hall–Kier alpha value is -0.700. The highest BCUT2D eigenvalue weighted by Gasteiger charge is 2.27. The van der Waals surface area contributed by atoms with Crippen LogP contribution in [0.4, 0.5) is 0 Å². The van der Waals surface area contributed by atoms with Gasteiger partial charge in [0.05, 0.1) is 5.54 Å². The van der Waals surface area contributed by atoms with Crippen LogP contribution in [0.3, 0.4) is 0 Å². The van der Waals surface area contributed by atoms with Gasteiger partial charge in [0.25, 0.3) is 0 Å². The first-order valence-corrected chi connectivity index (χ1v) is 6.47. The molecule has 0 radical (unpaired) electrons. The maximum absolute atomic E-state index is 10.9. The second kappa shape index (κ2) is 7.03. The predicted molar refractivity (Wildman–Crippen MR) is 77.7 cm³/mol. The summed E-state index contributed by atoms with van der Waals surface area (Å²) in [6, 6.07) is 0. The summed E-state index contributed by atoms with van der Waals surface area (Å²) in [6.07, 6.45) is 0. The van der Waals surface area contributed by atoms with Gasteiger partial charge in [0.2, 0.25) is 0 Å². The standard InChI is InChI=1S/C8H16O.C7H15NO/c1-6(2)8(4,5)7(3)9;1-6(9)7(2,3)8(4)5/h6H,1-5H3;1-5H3. The minimum atomic E-state index is -0.306. The third kappa shape index (κ3) is 5.76. The molecule has 3 nitrogen and oxygen atoms in total. The van der Waals surface area contributed by atoms with Crippen LogP contribution in [0.1, 0.15) is 55.4 Å². The van der Waals surface area contributed by atoms with E-state index in [0.29, 0.717) is 5.92 Å². The maximum atomic E-state index is 10.9. The highest BCUT2D eigenvalue weighted by atomic mass is 16.1. The first-order valence-electron chi connectivity index (χ1n) is 6.47. The number of nitrogens with zero attached hydrogens (tertiary/aromatic N) is 1. The number of carbonyl (C=O) groups is 2. The first-order chi connectivity index (χ1) is 7.77. The fourth-order valence-electron chi connectivity index (χ4n) is 0.721. The van der Waals surface area contributed by atoms with Gasteiger partial charge in [-0.25, -0.2) is 0 Å². The van der Waals surface area contributed by atoms with Gasteiger partial charge in [0, 0.05) is 5.41 Å². The Labute approximate surface area is 113 Å². The molecule has 0 atom stereocenters. The Morgan fingerprint density at radius 2 is 1.22 bits per heavy atom. The molecule has 0 saturated carbocycles. The molecule has 0 aliphatic heterocycles. The lowest BCUT2D eigenvalue weighted by atomic mass is 9.78. The van der Waals surface area contributed by atoms with E-state index in [0.717, 1.165) is 0 Å². The summed E-state index contributed by atoms with van der Waals surface area (Å²) >= 11 is 0. The van der Waals surface area contributed by atoms with Crippen molar-refractivity contribution in [1.29, 1.82) is 0 Å². The fourth-order valence-corrected chi connectivity index (χ4v) is 0.721. The summed E-state index contributed by atoms with van der Waals surface area (Å²) in [5, 5.41) is 0. The SMILES string of the molecule is CC(=O)C(C)(C)C(C)C.CC(=O)C(C)(C)N(C)C. The molecule has 0 rings (SSSR count). The third-order valence-corrected chi connectivity index (χ3v) is 4.33. The first kappa shape index (κ1) is 19.6. The van der Waals surface area contributed by atoms with Crippen LogP contribution in [0.2, 0.25) is 0 Å². The Balaban J connectivity index is 0. The van der Waals surface area contributed by atoms with Crippen molar-refractivity contribution < 1.29 is 9.59 Å².